The summed E-state index contributed by atoms with van der Waals surface area (Å²) in [5.41, 5.74) is 9.14. The van der Waals surface area contributed by atoms with Gasteiger partial charge in [0.2, 0.25) is 5.91 Å². The summed E-state index contributed by atoms with van der Waals surface area (Å²) in [6.45, 7) is 3.74. The third-order valence-corrected chi connectivity index (χ3v) is 3.59. The lowest BCUT2D eigenvalue weighted by Crippen LogP contribution is -2.35. The molecule has 0 fully saturated rings. The molecule has 0 atom stereocenters. The number of nitrogen functional groups attached to an aromatic ring is 1. The van der Waals surface area contributed by atoms with Gasteiger partial charge in [-0.25, -0.2) is 0 Å². The van der Waals surface area contributed by atoms with Gasteiger partial charge in [0, 0.05) is 25.2 Å². The number of fused-ring (bicyclic) bond motifs is 1. The highest BCUT2D eigenvalue weighted by atomic mass is 16.2. The van der Waals surface area contributed by atoms with E-state index >= 15 is 0 Å². The third kappa shape index (κ3) is 3.03. The Hall–Kier alpha value is -1.51. The highest BCUT2D eigenvalue weighted by molar-refractivity contribution is 5.76. The minimum Gasteiger partial charge on any atom is -0.399 e. The highest BCUT2D eigenvalue weighted by Crippen LogP contribution is 2.22. The average molecular weight is 246 g/mol. The summed E-state index contributed by atoms with van der Waals surface area (Å²) >= 11 is 0. The number of hydrogen-bond donors (Lipinski definition) is 1. The zero-order valence-corrected chi connectivity index (χ0v) is 11.1. The molecule has 0 bridgehead atoms. The molecule has 3 nitrogen and oxygen atoms in total. The van der Waals surface area contributed by atoms with Gasteiger partial charge in [-0.05, 0) is 36.1 Å². The van der Waals surface area contributed by atoms with E-state index < -0.39 is 0 Å². The van der Waals surface area contributed by atoms with Gasteiger partial charge in [-0.2, -0.15) is 0 Å². The van der Waals surface area contributed by atoms with Gasteiger partial charge < -0.3 is 10.6 Å². The van der Waals surface area contributed by atoms with Crippen LogP contribution in [0.1, 0.15) is 43.7 Å². The Labute approximate surface area is 109 Å². The van der Waals surface area contributed by atoms with Gasteiger partial charge in [0.05, 0.1) is 0 Å². The van der Waals surface area contributed by atoms with E-state index in [2.05, 4.69) is 13.0 Å². The molecule has 18 heavy (non-hydrogen) atoms. The monoisotopic (exact) mass is 246 g/mol. The van der Waals surface area contributed by atoms with Crippen LogP contribution in [0.3, 0.4) is 0 Å². The first kappa shape index (κ1) is 12.9. The van der Waals surface area contributed by atoms with Crippen LogP contribution >= 0.6 is 0 Å². The minimum atomic E-state index is 0.297. The zero-order chi connectivity index (χ0) is 13.0. The van der Waals surface area contributed by atoms with E-state index in [9.17, 15) is 4.79 Å². The van der Waals surface area contributed by atoms with Crippen LogP contribution in [0.25, 0.3) is 0 Å². The normalized spacial score (nSPS) is 14.4. The average Bonchev–Trinajstić information content (AvgIpc) is 2.38. The molecule has 1 aromatic carbocycles. The topological polar surface area (TPSA) is 46.3 Å². The Morgan fingerprint density at radius 2 is 2.17 bits per heavy atom. The number of amides is 1. The lowest BCUT2D eigenvalue weighted by Gasteiger charge is -2.29. The first-order chi connectivity index (χ1) is 8.70. The van der Waals surface area contributed by atoms with Gasteiger partial charge in [-0.15, -0.1) is 0 Å². The summed E-state index contributed by atoms with van der Waals surface area (Å²) in [5.74, 6) is 0.297. The van der Waals surface area contributed by atoms with Crippen LogP contribution in [0, 0.1) is 0 Å². The molecule has 1 aliphatic rings. The molecule has 0 aromatic heterocycles. The molecule has 0 saturated heterocycles. The first-order valence-corrected chi connectivity index (χ1v) is 6.85. The minimum absolute atomic E-state index is 0.297. The fourth-order valence-corrected chi connectivity index (χ4v) is 2.47. The second-order valence-electron chi connectivity index (χ2n) is 5.05. The van der Waals surface area contributed by atoms with Crippen molar-refractivity contribution >= 4 is 11.6 Å². The smallest absolute Gasteiger partial charge is 0.222 e. The third-order valence-electron chi connectivity index (χ3n) is 3.59. The van der Waals surface area contributed by atoms with E-state index in [0.717, 1.165) is 44.5 Å². The number of hydrogen-bond acceptors (Lipinski definition) is 2. The maximum atomic E-state index is 12.1. The van der Waals surface area contributed by atoms with E-state index in [0.29, 0.717) is 12.3 Å². The highest BCUT2D eigenvalue weighted by Gasteiger charge is 2.19. The fourth-order valence-electron chi connectivity index (χ4n) is 2.47. The van der Waals surface area contributed by atoms with Crippen molar-refractivity contribution < 1.29 is 4.79 Å². The summed E-state index contributed by atoms with van der Waals surface area (Å²) in [6, 6.07) is 6.01. The summed E-state index contributed by atoms with van der Waals surface area (Å²) in [6.07, 6.45) is 4.94. The van der Waals surface area contributed by atoms with Gasteiger partial charge in [-0.1, -0.05) is 25.8 Å². The number of benzene rings is 1. The quantitative estimate of drug-likeness (QED) is 0.656. The van der Waals surface area contributed by atoms with Crippen LogP contribution in [-0.2, 0) is 17.8 Å². The van der Waals surface area contributed by atoms with E-state index in [4.69, 9.17) is 5.73 Å². The van der Waals surface area contributed by atoms with Crippen molar-refractivity contribution in [3.05, 3.63) is 29.3 Å². The van der Waals surface area contributed by atoms with Gasteiger partial charge in [0.25, 0.3) is 0 Å². The maximum absolute atomic E-state index is 12.1. The molecule has 0 radical (unpaired) electrons. The van der Waals surface area contributed by atoms with Crippen LogP contribution in [0.4, 0.5) is 5.69 Å². The number of unbranched alkanes of at least 4 members (excludes halogenated alkanes) is 2. The van der Waals surface area contributed by atoms with Crippen molar-refractivity contribution in [2.45, 2.75) is 45.6 Å². The van der Waals surface area contributed by atoms with Crippen molar-refractivity contribution in [2.24, 2.45) is 0 Å². The Morgan fingerprint density at radius 1 is 1.33 bits per heavy atom. The molecule has 0 spiro atoms. The molecule has 2 N–H and O–H groups in total. The standard InChI is InChI=1S/C15H22N2O/c1-2-3-4-5-15(18)17-9-8-12-10-14(16)7-6-13(12)11-17/h6-7,10H,2-5,8-9,11,16H2,1H3. The molecule has 1 heterocycles. The van der Waals surface area contributed by atoms with Gasteiger partial charge >= 0.3 is 0 Å². The van der Waals surface area contributed by atoms with Crippen molar-refractivity contribution in [3.8, 4) is 0 Å². The van der Waals surface area contributed by atoms with Gasteiger partial charge in [0.1, 0.15) is 0 Å². The van der Waals surface area contributed by atoms with Gasteiger partial charge in [0.15, 0.2) is 0 Å². The number of anilines is 1. The summed E-state index contributed by atoms with van der Waals surface area (Å²) < 4.78 is 0. The van der Waals surface area contributed by atoms with Crippen LogP contribution in [0.15, 0.2) is 18.2 Å². The molecule has 0 saturated carbocycles. The summed E-state index contributed by atoms with van der Waals surface area (Å²) in [5, 5.41) is 0. The fraction of sp³-hybridized carbons (Fsp3) is 0.533. The van der Waals surface area contributed by atoms with E-state index in [1.165, 1.54) is 11.1 Å². The number of rotatable bonds is 4. The van der Waals surface area contributed by atoms with Gasteiger partial charge in [-0.3, -0.25) is 4.79 Å². The molecule has 0 unspecified atom stereocenters. The molecule has 1 aliphatic heterocycles. The largest absolute Gasteiger partial charge is 0.399 e. The summed E-state index contributed by atoms with van der Waals surface area (Å²) in [4.78, 5) is 14.0. The van der Waals surface area contributed by atoms with E-state index in [-0.39, 0.29) is 0 Å². The number of nitrogens with two attached hydrogens (primary N) is 1. The first-order valence-electron chi connectivity index (χ1n) is 6.85. The summed E-state index contributed by atoms with van der Waals surface area (Å²) in [7, 11) is 0. The zero-order valence-electron chi connectivity index (χ0n) is 11.1. The maximum Gasteiger partial charge on any atom is 0.222 e. The molecule has 0 aliphatic carbocycles. The predicted molar refractivity (Wildman–Crippen MR) is 74.1 cm³/mol. The number of nitrogens with zero attached hydrogens (tertiary/aromatic N) is 1. The van der Waals surface area contributed by atoms with E-state index in [1.54, 1.807) is 0 Å². The molecule has 1 amide bonds. The molecular formula is C15H22N2O. The predicted octanol–water partition coefficient (Wildman–Crippen LogP) is 2.73. The van der Waals surface area contributed by atoms with Crippen molar-refractivity contribution in [2.75, 3.05) is 12.3 Å². The van der Waals surface area contributed by atoms with Crippen molar-refractivity contribution in [1.82, 2.24) is 4.90 Å². The lowest BCUT2D eigenvalue weighted by molar-refractivity contribution is -0.132. The van der Waals surface area contributed by atoms with Crippen LogP contribution in [0.2, 0.25) is 0 Å². The SMILES string of the molecule is CCCCCC(=O)N1CCc2cc(N)ccc2C1. The van der Waals surface area contributed by atoms with E-state index in [1.807, 2.05) is 17.0 Å². The number of carbonyl (C=O) groups excluding carboxylic acids is 1. The Balaban J connectivity index is 1.95. The second-order valence-corrected chi connectivity index (χ2v) is 5.05. The Bertz CT molecular complexity index is 429. The number of carbonyl (C=O) groups is 1. The molecule has 98 valence electrons. The van der Waals surface area contributed by atoms with Crippen molar-refractivity contribution in [1.29, 1.82) is 0 Å². The van der Waals surface area contributed by atoms with Crippen molar-refractivity contribution in [3.63, 3.8) is 0 Å². The molecule has 2 rings (SSSR count). The second kappa shape index (κ2) is 5.89. The van der Waals surface area contributed by atoms with Crippen LogP contribution in [0.5, 0.6) is 0 Å². The lowest BCUT2D eigenvalue weighted by atomic mass is 9.98. The molecular weight excluding hydrogens is 224 g/mol. The molecule has 3 heteroatoms. The van der Waals surface area contributed by atoms with Crippen LogP contribution < -0.4 is 5.73 Å². The Kier molecular flexibility index (Phi) is 4.24. The Morgan fingerprint density at radius 3 is 2.94 bits per heavy atom. The molecule has 1 aromatic rings. The van der Waals surface area contributed by atoms with Crippen LogP contribution in [-0.4, -0.2) is 17.4 Å².